The van der Waals surface area contributed by atoms with Crippen molar-refractivity contribution in [2.45, 2.75) is 50.6 Å². The molecule has 45 heavy (non-hydrogen) atoms. The Morgan fingerprint density at radius 2 is 1.53 bits per heavy atom. The van der Waals surface area contributed by atoms with E-state index in [0.29, 0.717) is 22.7 Å². The molecule has 0 bridgehead atoms. The van der Waals surface area contributed by atoms with Crippen LogP contribution in [-0.2, 0) is 32.6 Å². The van der Waals surface area contributed by atoms with Gasteiger partial charge in [-0.15, -0.1) is 0 Å². The maximum Gasteiger partial charge on any atom is 0.264 e. The van der Waals surface area contributed by atoms with Crippen molar-refractivity contribution in [2.24, 2.45) is 0 Å². The Labute approximate surface area is 269 Å². The number of benzene rings is 4. The molecule has 0 aliphatic rings. The van der Waals surface area contributed by atoms with Gasteiger partial charge in [0.15, 0.2) is 0 Å². The molecule has 4 aromatic carbocycles. The van der Waals surface area contributed by atoms with Crippen molar-refractivity contribution < 1.29 is 22.4 Å². The fraction of sp³-hybridized carbons (Fsp3) is 0.257. The molecule has 0 aromatic heterocycles. The maximum atomic E-state index is 14.5. The third-order valence-corrected chi connectivity index (χ3v) is 9.41. The Morgan fingerprint density at radius 3 is 2.16 bits per heavy atom. The first-order chi connectivity index (χ1) is 21.6. The van der Waals surface area contributed by atoms with E-state index in [1.54, 1.807) is 55.5 Å². The van der Waals surface area contributed by atoms with Gasteiger partial charge < -0.3 is 10.2 Å². The van der Waals surface area contributed by atoms with Gasteiger partial charge in [0.1, 0.15) is 18.4 Å². The summed E-state index contributed by atoms with van der Waals surface area (Å²) in [7, 11) is -4.23. The standard InChI is InChI=1S/C35H37ClFN3O4S/c1-3-4-21-38-35(42)33(23-27-11-7-5-8-12-27)39(24-28-15-18-30(37)19-16-28)34(41)25-40(32-20-17-29(36)22-26(32)2)45(43,44)31-13-9-6-10-14-31/h5-20,22,33H,3-4,21,23-25H2,1-2H3,(H,38,42). The van der Waals surface area contributed by atoms with Gasteiger partial charge in [-0.1, -0.05) is 85.6 Å². The minimum absolute atomic E-state index is 0.00961. The highest BCUT2D eigenvalue weighted by atomic mass is 35.5. The van der Waals surface area contributed by atoms with Crippen LogP contribution in [0.1, 0.15) is 36.5 Å². The molecular formula is C35H37ClFN3O4S. The number of sulfonamides is 1. The van der Waals surface area contributed by atoms with Crippen LogP contribution in [0.3, 0.4) is 0 Å². The number of carbonyl (C=O) groups excluding carboxylic acids is 2. The molecule has 0 saturated carbocycles. The lowest BCUT2D eigenvalue weighted by Gasteiger charge is -2.34. The second kappa shape index (κ2) is 15.7. The van der Waals surface area contributed by atoms with Crippen molar-refractivity contribution in [1.82, 2.24) is 10.2 Å². The van der Waals surface area contributed by atoms with Gasteiger partial charge in [-0.2, -0.15) is 0 Å². The molecule has 10 heteroatoms. The first-order valence-corrected chi connectivity index (χ1v) is 16.6. The Morgan fingerprint density at radius 1 is 0.889 bits per heavy atom. The number of nitrogens with one attached hydrogen (secondary N) is 1. The summed E-state index contributed by atoms with van der Waals surface area (Å²) in [5.74, 6) is -1.39. The minimum Gasteiger partial charge on any atom is -0.354 e. The Hall–Kier alpha value is -4.21. The molecule has 0 spiro atoms. The van der Waals surface area contributed by atoms with E-state index in [4.69, 9.17) is 11.6 Å². The van der Waals surface area contributed by atoms with Crippen LogP contribution in [0, 0.1) is 12.7 Å². The largest absolute Gasteiger partial charge is 0.354 e. The number of hydrogen-bond acceptors (Lipinski definition) is 4. The van der Waals surface area contributed by atoms with Crippen LogP contribution in [0.4, 0.5) is 10.1 Å². The third-order valence-electron chi connectivity index (χ3n) is 7.40. The second-order valence-corrected chi connectivity index (χ2v) is 13.1. The Bertz CT molecular complexity index is 1690. The second-order valence-electron chi connectivity index (χ2n) is 10.8. The van der Waals surface area contributed by atoms with Crippen LogP contribution < -0.4 is 9.62 Å². The fourth-order valence-corrected chi connectivity index (χ4v) is 6.70. The van der Waals surface area contributed by atoms with Crippen LogP contribution >= 0.6 is 11.6 Å². The number of halogens is 2. The molecule has 4 rings (SSSR count). The number of carbonyl (C=O) groups is 2. The highest BCUT2D eigenvalue weighted by molar-refractivity contribution is 7.92. The highest BCUT2D eigenvalue weighted by Gasteiger charge is 2.35. The lowest BCUT2D eigenvalue weighted by atomic mass is 10.0. The smallest absolute Gasteiger partial charge is 0.264 e. The molecule has 1 N–H and O–H groups in total. The van der Waals surface area contributed by atoms with Gasteiger partial charge in [-0.25, -0.2) is 12.8 Å². The van der Waals surface area contributed by atoms with Gasteiger partial charge in [-0.05, 0) is 72.5 Å². The zero-order chi connectivity index (χ0) is 32.4. The molecule has 0 fully saturated rings. The topological polar surface area (TPSA) is 86.8 Å². The van der Waals surface area contributed by atoms with Crippen molar-refractivity contribution in [3.05, 3.63) is 131 Å². The summed E-state index contributed by atoms with van der Waals surface area (Å²) < 4.78 is 43.1. The lowest BCUT2D eigenvalue weighted by Crippen LogP contribution is -2.53. The highest BCUT2D eigenvalue weighted by Crippen LogP contribution is 2.29. The number of hydrogen-bond donors (Lipinski definition) is 1. The Kier molecular flexibility index (Phi) is 11.7. The molecule has 7 nitrogen and oxygen atoms in total. The van der Waals surface area contributed by atoms with E-state index in [2.05, 4.69) is 5.32 Å². The van der Waals surface area contributed by atoms with Crippen molar-refractivity contribution in [3.8, 4) is 0 Å². The number of unbranched alkanes of at least 4 members (excludes halogenated alkanes) is 1. The summed E-state index contributed by atoms with van der Waals surface area (Å²) in [5, 5.41) is 3.37. The van der Waals surface area contributed by atoms with Crippen molar-refractivity contribution >= 4 is 39.1 Å². The number of rotatable bonds is 14. The summed E-state index contributed by atoms with van der Waals surface area (Å²) in [4.78, 5) is 29.6. The zero-order valence-electron chi connectivity index (χ0n) is 25.3. The van der Waals surface area contributed by atoms with E-state index < -0.39 is 34.3 Å². The molecule has 236 valence electrons. The van der Waals surface area contributed by atoms with E-state index in [0.717, 1.165) is 22.7 Å². The Balaban J connectivity index is 1.80. The number of amides is 2. The maximum absolute atomic E-state index is 14.5. The minimum atomic E-state index is -4.23. The summed E-state index contributed by atoms with van der Waals surface area (Å²) in [6.45, 7) is 3.52. The molecule has 0 radical (unpaired) electrons. The first kappa shape index (κ1) is 33.7. The van der Waals surface area contributed by atoms with Gasteiger partial charge in [0, 0.05) is 24.5 Å². The normalized spacial score (nSPS) is 11.9. The van der Waals surface area contributed by atoms with Crippen LogP contribution in [0.25, 0.3) is 0 Å². The van der Waals surface area contributed by atoms with Crippen LogP contribution in [0.15, 0.2) is 108 Å². The van der Waals surface area contributed by atoms with Gasteiger partial charge >= 0.3 is 0 Å². The number of nitrogens with zero attached hydrogens (tertiary/aromatic N) is 2. The molecule has 0 saturated heterocycles. The third kappa shape index (κ3) is 8.93. The molecule has 1 atom stereocenters. The number of anilines is 1. The van der Waals surface area contributed by atoms with E-state index in [1.165, 1.54) is 29.2 Å². The monoisotopic (exact) mass is 649 g/mol. The van der Waals surface area contributed by atoms with Crippen molar-refractivity contribution in [1.29, 1.82) is 0 Å². The fourth-order valence-electron chi connectivity index (χ4n) is 4.98. The van der Waals surface area contributed by atoms with Gasteiger partial charge in [0.2, 0.25) is 11.8 Å². The van der Waals surface area contributed by atoms with Gasteiger partial charge in [0.25, 0.3) is 10.0 Å². The van der Waals surface area contributed by atoms with Gasteiger partial charge in [0.05, 0.1) is 10.6 Å². The molecule has 1 unspecified atom stereocenters. The van der Waals surface area contributed by atoms with E-state index in [-0.39, 0.29) is 29.5 Å². The molecular weight excluding hydrogens is 613 g/mol. The lowest BCUT2D eigenvalue weighted by molar-refractivity contribution is -0.140. The summed E-state index contributed by atoms with van der Waals surface area (Å²) >= 11 is 6.20. The van der Waals surface area contributed by atoms with E-state index in [9.17, 15) is 22.4 Å². The predicted octanol–water partition coefficient (Wildman–Crippen LogP) is 6.54. The van der Waals surface area contributed by atoms with E-state index in [1.807, 2.05) is 37.3 Å². The van der Waals surface area contributed by atoms with Crippen LogP contribution in [-0.4, -0.2) is 44.3 Å². The summed E-state index contributed by atoms with van der Waals surface area (Å²) in [5.41, 5.74) is 2.25. The molecule has 4 aromatic rings. The molecule has 2 amide bonds. The zero-order valence-corrected chi connectivity index (χ0v) is 26.9. The van der Waals surface area contributed by atoms with Gasteiger partial charge in [-0.3, -0.25) is 13.9 Å². The summed E-state index contributed by atoms with van der Waals surface area (Å²) in [6.07, 6.45) is 1.82. The summed E-state index contributed by atoms with van der Waals surface area (Å²) in [6, 6.07) is 26.6. The first-order valence-electron chi connectivity index (χ1n) is 14.8. The molecule has 0 heterocycles. The quantitative estimate of drug-likeness (QED) is 0.157. The van der Waals surface area contributed by atoms with Crippen molar-refractivity contribution in [2.75, 3.05) is 17.4 Å². The van der Waals surface area contributed by atoms with Crippen molar-refractivity contribution in [3.63, 3.8) is 0 Å². The molecule has 0 aliphatic heterocycles. The molecule has 0 aliphatic carbocycles. The SMILES string of the molecule is CCCCNC(=O)C(Cc1ccccc1)N(Cc1ccc(F)cc1)C(=O)CN(c1ccc(Cl)cc1C)S(=O)(=O)c1ccccc1. The van der Waals surface area contributed by atoms with Crippen LogP contribution in [0.5, 0.6) is 0 Å². The van der Waals surface area contributed by atoms with E-state index >= 15 is 0 Å². The average molecular weight is 650 g/mol. The van der Waals surface area contributed by atoms with Crippen LogP contribution in [0.2, 0.25) is 5.02 Å². The predicted molar refractivity (Wildman–Crippen MR) is 176 cm³/mol. The number of aryl methyl sites for hydroxylation is 1. The average Bonchev–Trinajstić information content (AvgIpc) is 3.03.